The zero-order chi connectivity index (χ0) is 21.0. The lowest BCUT2D eigenvalue weighted by molar-refractivity contribution is -0.115. The van der Waals surface area contributed by atoms with Crippen LogP contribution in [-0.2, 0) is 11.8 Å². The van der Waals surface area contributed by atoms with Gasteiger partial charge in [0.15, 0.2) is 11.0 Å². The normalized spacial score (nSPS) is 13.1. The highest BCUT2D eigenvalue weighted by molar-refractivity contribution is 8.00. The summed E-state index contributed by atoms with van der Waals surface area (Å²) in [6.07, 6.45) is 2.63. The Morgan fingerprint density at radius 3 is 2.59 bits per heavy atom. The number of nitrogens with zero attached hydrogens (tertiary/aromatic N) is 5. The SMILES string of the molecule is CC[C@@H](C)n1nccc1NC(=O)[C@@H](C)Sc1nnc(-c2ccc(OC)cc2)n1C. The van der Waals surface area contributed by atoms with Gasteiger partial charge in [-0.2, -0.15) is 5.10 Å². The van der Waals surface area contributed by atoms with Gasteiger partial charge in [0.25, 0.3) is 0 Å². The number of anilines is 1. The maximum Gasteiger partial charge on any atom is 0.238 e. The molecule has 0 aliphatic heterocycles. The molecule has 0 radical (unpaired) electrons. The van der Waals surface area contributed by atoms with Crippen molar-refractivity contribution in [1.29, 1.82) is 0 Å². The van der Waals surface area contributed by atoms with Crippen LogP contribution >= 0.6 is 11.8 Å². The van der Waals surface area contributed by atoms with E-state index in [1.54, 1.807) is 13.3 Å². The molecule has 0 unspecified atom stereocenters. The van der Waals surface area contributed by atoms with Gasteiger partial charge in [0, 0.05) is 18.7 Å². The van der Waals surface area contributed by atoms with Crippen LogP contribution < -0.4 is 10.1 Å². The van der Waals surface area contributed by atoms with Gasteiger partial charge in [-0.25, -0.2) is 4.68 Å². The van der Waals surface area contributed by atoms with Crippen LogP contribution in [0.1, 0.15) is 33.2 Å². The van der Waals surface area contributed by atoms with Crippen LogP contribution in [0.5, 0.6) is 5.75 Å². The lowest BCUT2D eigenvalue weighted by Crippen LogP contribution is -2.25. The van der Waals surface area contributed by atoms with Crippen LogP contribution in [0.25, 0.3) is 11.4 Å². The lowest BCUT2D eigenvalue weighted by Gasteiger charge is -2.16. The molecule has 1 amide bonds. The third-order valence-corrected chi connectivity index (χ3v) is 5.90. The summed E-state index contributed by atoms with van der Waals surface area (Å²) >= 11 is 1.37. The molecule has 0 spiro atoms. The molecule has 0 fully saturated rings. The molecule has 0 saturated carbocycles. The number of amides is 1. The van der Waals surface area contributed by atoms with Crippen LogP contribution in [0.4, 0.5) is 5.82 Å². The van der Waals surface area contributed by atoms with Crippen molar-refractivity contribution in [3.05, 3.63) is 36.5 Å². The number of benzene rings is 1. The summed E-state index contributed by atoms with van der Waals surface area (Å²) in [5.74, 6) is 2.12. The zero-order valence-corrected chi connectivity index (χ0v) is 18.1. The van der Waals surface area contributed by atoms with E-state index >= 15 is 0 Å². The molecule has 2 heterocycles. The highest BCUT2D eigenvalue weighted by Gasteiger charge is 2.21. The number of methoxy groups -OCH3 is 1. The lowest BCUT2D eigenvalue weighted by atomic mass is 10.2. The third-order valence-electron chi connectivity index (χ3n) is 4.76. The number of hydrogen-bond acceptors (Lipinski definition) is 6. The Labute approximate surface area is 174 Å². The second kappa shape index (κ2) is 9.13. The molecule has 0 aliphatic rings. The monoisotopic (exact) mass is 414 g/mol. The van der Waals surface area contributed by atoms with E-state index in [-0.39, 0.29) is 17.2 Å². The zero-order valence-electron chi connectivity index (χ0n) is 17.3. The van der Waals surface area contributed by atoms with E-state index in [1.165, 1.54) is 11.8 Å². The summed E-state index contributed by atoms with van der Waals surface area (Å²) in [5, 5.41) is 16.1. The van der Waals surface area contributed by atoms with Gasteiger partial charge >= 0.3 is 0 Å². The predicted molar refractivity (Wildman–Crippen MR) is 114 cm³/mol. The van der Waals surface area contributed by atoms with Crippen LogP contribution in [0.2, 0.25) is 0 Å². The van der Waals surface area contributed by atoms with Gasteiger partial charge in [-0.15, -0.1) is 10.2 Å². The first-order valence-corrected chi connectivity index (χ1v) is 10.4. The fourth-order valence-electron chi connectivity index (χ4n) is 2.79. The minimum Gasteiger partial charge on any atom is -0.497 e. The minimum absolute atomic E-state index is 0.103. The first-order valence-electron chi connectivity index (χ1n) is 9.49. The fourth-order valence-corrected chi connectivity index (χ4v) is 3.60. The van der Waals surface area contributed by atoms with Gasteiger partial charge in [0.1, 0.15) is 11.6 Å². The number of hydrogen-bond donors (Lipinski definition) is 1. The third kappa shape index (κ3) is 4.61. The predicted octanol–water partition coefficient (Wildman–Crippen LogP) is 3.78. The van der Waals surface area contributed by atoms with Gasteiger partial charge in [-0.1, -0.05) is 18.7 Å². The van der Waals surface area contributed by atoms with E-state index in [0.717, 1.165) is 23.6 Å². The molecule has 3 rings (SSSR count). The van der Waals surface area contributed by atoms with E-state index in [4.69, 9.17) is 4.74 Å². The number of rotatable bonds is 8. The number of thioether (sulfide) groups is 1. The molecule has 2 atom stereocenters. The van der Waals surface area contributed by atoms with Gasteiger partial charge in [-0.05, 0) is 44.5 Å². The van der Waals surface area contributed by atoms with E-state index in [9.17, 15) is 4.79 Å². The molecule has 0 saturated heterocycles. The molecule has 0 bridgehead atoms. The molecule has 1 aromatic carbocycles. The first kappa shape index (κ1) is 20.9. The molecule has 29 heavy (non-hydrogen) atoms. The molecule has 0 aliphatic carbocycles. The number of aromatic nitrogens is 5. The van der Waals surface area contributed by atoms with E-state index in [2.05, 4.69) is 34.5 Å². The quantitative estimate of drug-likeness (QED) is 0.565. The Morgan fingerprint density at radius 1 is 1.21 bits per heavy atom. The number of ether oxygens (including phenoxy) is 1. The van der Waals surface area contributed by atoms with Gasteiger partial charge in [-0.3, -0.25) is 4.79 Å². The standard InChI is InChI=1S/C20H26N6O2S/c1-6-13(2)26-17(11-12-21-26)22-19(27)14(3)29-20-24-23-18(25(20)4)15-7-9-16(28-5)10-8-15/h7-14H,6H2,1-5H3,(H,22,27)/t13-,14-/m1/s1. The number of nitrogens with one attached hydrogen (secondary N) is 1. The van der Waals surface area contributed by atoms with Crippen molar-refractivity contribution < 1.29 is 9.53 Å². The molecule has 1 N–H and O–H groups in total. The fraction of sp³-hybridized carbons (Fsp3) is 0.400. The van der Waals surface area contributed by atoms with Crippen molar-refractivity contribution in [2.75, 3.05) is 12.4 Å². The minimum atomic E-state index is -0.345. The van der Waals surface area contributed by atoms with Crippen LogP contribution in [0.15, 0.2) is 41.7 Å². The maximum absolute atomic E-state index is 12.7. The van der Waals surface area contributed by atoms with Crippen LogP contribution in [0, 0.1) is 0 Å². The van der Waals surface area contributed by atoms with Crippen molar-refractivity contribution in [3.63, 3.8) is 0 Å². The largest absolute Gasteiger partial charge is 0.497 e. The Bertz CT molecular complexity index is 966. The summed E-state index contributed by atoms with van der Waals surface area (Å²) < 4.78 is 8.92. The first-order chi connectivity index (χ1) is 13.9. The van der Waals surface area contributed by atoms with E-state index < -0.39 is 0 Å². The van der Waals surface area contributed by atoms with Crippen molar-refractivity contribution in [2.24, 2.45) is 7.05 Å². The van der Waals surface area contributed by atoms with Crippen molar-refractivity contribution >= 4 is 23.5 Å². The Morgan fingerprint density at radius 2 is 1.93 bits per heavy atom. The molecule has 154 valence electrons. The summed E-state index contributed by atoms with van der Waals surface area (Å²) in [7, 11) is 3.53. The van der Waals surface area contributed by atoms with E-state index in [0.29, 0.717) is 11.0 Å². The van der Waals surface area contributed by atoms with Crippen LogP contribution in [-0.4, -0.2) is 42.8 Å². The Hall–Kier alpha value is -2.81. The molecular weight excluding hydrogens is 388 g/mol. The van der Waals surface area contributed by atoms with Crippen molar-refractivity contribution in [3.8, 4) is 17.1 Å². The topological polar surface area (TPSA) is 86.9 Å². The molecule has 2 aromatic heterocycles. The summed E-state index contributed by atoms with van der Waals surface area (Å²) in [4.78, 5) is 12.7. The highest BCUT2D eigenvalue weighted by atomic mass is 32.2. The maximum atomic E-state index is 12.7. The molecular formula is C20H26N6O2S. The average molecular weight is 415 g/mol. The van der Waals surface area contributed by atoms with Crippen LogP contribution in [0.3, 0.4) is 0 Å². The van der Waals surface area contributed by atoms with Gasteiger partial charge in [0.2, 0.25) is 5.91 Å². The van der Waals surface area contributed by atoms with Crippen molar-refractivity contribution in [2.45, 2.75) is 43.6 Å². The summed E-state index contributed by atoms with van der Waals surface area (Å²) in [6.45, 7) is 6.01. The summed E-state index contributed by atoms with van der Waals surface area (Å²) in [5.41, 5.74) is 0.933. The Balaban J connectivity index is 1.69. The molecule has 9 heteroatoms. The highest BCUT2D eigenvalue weighted by Crippen LogP contribution is 2.27. The van der Waals surface area contributed by atoms with Gasteiger partial charge in [0.05, 0.1) is 24.6 Å². The molecule has 8 nitrogen and oxygen atoms in total. The molecule has 3 aromatic rings. The van der Waals surface area contributed by atoms with Gasteiger partial charge < -0.3 is 14.6 Å². The second-order valence-electron chi connectivity index (χ2n) is 6.76. The summed E-state index contributed by atoms with van der Waals surface area (Å²) in [6, 6.07) is 9.66. The average Bonchev–Trinajstić information content (AvgIpc) is 3.34. The number of carbonyl (C=O) groups is 1. The van der Waals surface area contributed by atoms with E-state index in [1.807, 2.05) is 53.6 Å². The Kier molecular flexibility index (Phi) is 6.58. The smallest absolute Gasteiger partial charge is 0.238 e. The van der Waals surface area contributed by atoms with Crippen molar-refractivity contribution in [1.82, 2.24) is 24.5 Å². The second-order valence-corrected chi connectivity index (χ2v) is 8.07. The number of carbonyl (C=O) groups excluding carboxylic acids is 1.